The maximum absolute atomic E-state index is 13.3. The fourth-order valence-electron chi connectivity index (χ4n) is 4.89. The predicted molar refractivity (Wildman–Crippen MR) is 123 cm³/mol. The van der Waals surface area contributed by atoms with E-state index in [0.29, 0.717) is 29.6 Å². The largest absolute Gasteiger partial charge is 0.365 e. The molecule has 0 N–H and O–H groups in total. The van der Waals surface area contributed by atoms with Crippen LogP contribution in [-0.4, -0.2) is 46.0 Å². The van der Waals surface area contributed by atoms with Gasteiger partial charge in [0.1, 0.15) is 5.82 Å². The zero-order chi connectivity index (χ0) is 21.5. The third-order valence-corrected chi connectivity index (χ3v) is 6.56. The summed E-state index contributed by atoms with van der Waals surface area (Å²) in [4.78, 5) is 35.1. The fourth-order valence-corrected chi connectivity index (χ4v) is 4.89. The quantitative estimate of drug-likeness (QED) is 0.643. The number of hydrogen-bond donors (Lipinski definition) is 0. The van der Waals surface area contributed by atoms with Crippen LogP contribution in [0.15, 0.2) is 47.3 Å². The summed E-state index contributed by atoms with van der Waals surface area (Å²) in [6.07, 6.45) is 2.89. The van der Waals surface area contributed by atoms with Gasteiger partial charge in [0.25, 0.3) is 11.5 Å². The van der Waals surface area contributed by atoms with E-state index in [1.807, 2.05) is 4.90 Å². The number of aromatic nitrogens is 2. The van der Waals surface area contributed by atoms with Gasteiger partial charge in [0.15, 0.2) is 0 Å². The molecule has 1 fully saturated rings. The molecule has 1 saturated heterocycles. The van der Waals surface area contributed by atoms with Crippen LogP contribution in [-0.2, 0) is 13.0 Å². The summed E-state index contributed by atoms with van der Waals surface area (Å²) < 4.78 is 1.79. The normalized spacial score (nSPS) is 18.8. The molecule has 0 saturated carbocycles. The molecular weight excluding hydrogens is 388 g/mol. The van der Waals surface area contributed by atoms with Crippen LogP contribution in [0.5, 0.6) is 0 Å². The van der Waals surface area contributed by atoms with Gasteiger partial charge in [-0.1, -0.05) is 12.1 Å². The van der Waals surface area contributed by atoms with Crippen LogP contribution in [0.3, 0.4) is 0 Å². The Kier molecular flexibility index (Phi) is 5.00. The first-order valence-electron chi connectivity index (χ1n) is 11.2. The highest BCUT2D eigenvalue weighted by Gasteiger charge is 2.28. The van der Waals surface area contributed by atoms with Gasteiger partial charge < -0.3 is 9.80 Å². The molecule has 3 heterocycles. The number of nitrogens with zero attached hydrogens (tertiary/aromatic N) is 4. The van der Waals surface area contributed by atoms with E-state index in [1.165, 1.54) is 11.3 Å². The maximum atomic E-state index is 13.3. The van der Waals surface area contributed by atoms with Crippen LogP contribution in [0.1, 0.15) is 41.5 Å². The Morgan fingerprint density at radius 3 is 2.74 bits per heavy atom. The second kappa shape index (κ2) is 7.84. The van der Waals surface area contributed by atoms with E-state index in [1.54, 1.807) is 22.8 Å². The topological polar surface area (TPSA) is 58.4 Å². The molecule has 0 bridgehead atoms. The SMILES string of the molecule is Cc1cccc(N2CCN(C(=O)c3ccc4c(=O)n5c(nc4c3)CCCC5)CC2C)c1. The van der Waals surface area contributed by atoms with Gasteiger partial charge >= 0.3 is 0 Å². The molecule has 2 aliphatic rings. The van der Waals surface area contributed by atoms with Gasteiger partial charge in [0, 0.05) is 49.9 Å². The number of piperazine rings is 1. The van der Waals surface area contributed by atoms with Gasteiger partial charge in [-0.3, -0.25) is 14.2 Å². The van der Waals surface area contributed by atoms with E-state index in [-0.39, 0.29) is 17.5 Å². The third kappa shape index (κ3) is 3.60. The van der Waals surface area contributed by atoms with E-state index >= 15 is 0 Å². The number of amides is 1. The number of rotatable bonds is 2. The summed E-state index contributed by atoms with van der Waals surface area (Å²) >= 11 is 0. The monoisotopic (exact) mass is 416 g/mol. The lowest BCUT2D eigenvalue weighted by Crippen LogP contribution is -2.53. The number of hydrogen-bond acceptors (Lipinski definition) is 4. The molecule has 6 nitrogen and oxygen atoms in total. The first kappa shape index (κ1) is 19.8. The third-order valence-electron chi connectivity index (χ3n) is 6.56. The molecule has 2 aromatic carbocycles. The van der Waals surface area contributed by atoms with Crippen LogP contribution in [0.2, 0.25) is 0 Å². The summed E-state index contributed by atoms with van der Waals surface area (Å²) in [7, 11) is 0. The second-order valence-electron chi connectivity index (χ2n) is 8.81. The molecule has 0 spiro atoms. The summed E-state index contributed by atoms with van der Waals surface area (Å²) in [5.41, 5.74) is 3.70. The lowest BCUT2D eigenvalue weighted by atomic mass is 10.1. The number of aryl methyl sites for hydroxylation is 2. The minimum Gasteiger partial charge on any atom is -0.365 e. The van der Waals surface area contributed by atoms with Crippen LogP contribution in [0.4, 0.5) is 5.69 Å². The summed E-state index contributed by atoms with van der Waals surface area (Å²) in [5.74, 6) is 0.853. The highest BCUT2D eigenvalue weighted by Crippen LogP contribution is 2.23. The first-order chi connectivity index (χ1) is 15.0. The fraction of sp³-hybridized carbons (Fsp3) is 0.400. The van der Waals surface area contributed by atoms with Crippen molar-refractivity contribution in [3.8, 4) is 0 Å². The molecule has 160 valence electrons. The standard InChI is InChI=1S/C25H28N4O2/c1-17-6-5-7-20(14-17)28-13-12-27(16-18(28)2)24(30)19-9-10-21-22(15-19)26-23-8-3-4-11-29(23)25(21)31/h5-7,9-10,14-15,18H,3-4,8,11-13,16H2,1-2H3. The number of anilines is 1. The van der Waals surface area contributed by atoms with Crippen LogP contribution in [0.25, 0.3) is 10.9 Å². The number of carbonyl (C=O) groups excluding carboxylic acids is 1. The summed E-state index contributed by atoms with van der Waals surface area (Å²) in [5, 5.41) is 0.597. The molecule has 6 heteroatoms. The molecule has 2 aliphatic heterocycles. The van der Waals surface area contributed by atoms with Crippen molar-refractivity contribution in [2.75, 3.05) is 24.5 Å². The molecule has 1 atom stereocenters. The average Bonchev–Trinajstić information content (AvgIpc) is 2.78. The Morgan fingerprint density at radius 1 is 1.06 bits per heavy atom. The lowest BCUT2D eigenvalue weighted by Gasteiger charge is -2.41. The van der Waals surface area contributed by atoms with Gasteiger partial charge in [0.05, 0.1) is 10.9 Å². The van der Waals surface area contributed by atoms with E-state index in [0.717, 1.165) is 38.2 Å². The van der Waals surface area contributed by atoms with Crippen molar-refractivity contribution in [2.24, 2.45) is 0 Å². The van der Waals surface area contributed by atoms with Crippen molar-refractivity contribution in [2.45, 2.75) is 45.7 Å². The summed E-state index contributed by atoms with van der Waals surface area (Å²) in [6.45, 7) is 7.15. The van der Waals surface area contributed by atoms with Gasteiger partial charge in [-0.15, -0.1) is 0 Å². The van der Waals surface area contributed by atoms with Crippen LogP contribution >= 0.6 is 0 Å². The molecule has 1 aromatic heterocycles. The summed E-state index contributed by atoms with van der Waals surface area (Å²) in [6, 6.07) is 14.1. The van der Waals surface area contributed by atoms with Crippen molar-refractivity contribution in [1.29, 1.82) is 0 Å². The predicted octanol–water partition coefficient (Wildman–Crippen LogP) is 3.39. The molecule has 3 aromatic rings. The Bertz CT molecular complexity index is 1220. The van der Waals surface area contributed by atoms with Crippen LogP contribution in [0, 0.1) is 6.92 Å². The lowest BCUT2D eigenvalue weighted by molar-refractivity contribution is 0.0726. The van der Waals surface area contributed by atoms with Crippen molar-refractivity contribution in [3.63, 3.8) is 0 Å². The molecule has 0 radical (unpaired) electrons. The maximum Gasteiger partial charge on any atom is 0.261 e. The van der Waals surface area contributed by atoms with Crippen molar-refractivity contribution in [1.82, 2.24) is 14.5 Å². The minimum atomic E-state index is 0.0114. The Morgan fingerprint density at radius 2 is 1.94 bits per heavy atom. The Labute approximate surface area is 182 Å². The molecular formula is C25H28N4O2. The molecule has 0 aliphatic carbocycles. The second-order valence-corrected chi connectivity index (χ2v) is 8.81. The van der Waals surface area contributed by atoms with E-state index in [9.17, 15) is 9.59 Å². The highest BCUT2D eigenvalue weighted by atomic mass is 16.2. The Balaban J connectivity index is 1.38. The zero-order valence-electron chi connectivity index (χ0n) is 18.2. The van der Waals surface area contributed by atoms with Crippen LogP contribution < -0.4 is 10.5 Å². The Hall–Kier alpha value is -3.15. The van der Waals surface area contributed by atoms with E-state index < -0.39 is 0 Å². The smallest absolute Gasteiger partial charge is 0.261 e. The minimum absolute atomic E-state index is 0.0114. The molecule has 5 rings (SSSR count). The number of carbonyl (C=O) groups is 1. The van der Waals surface area contributed by atoms with Crippen molar-refractivity contribution < 1.29 is 4.79 Å². The van der Waals surface area contributed by atoms with Crippen molar-refractivity contribution >= 4 is 22.5 Å². The zero-order valence-corrected chi connectivity index (χ0v) is 18.2. The molecule has 31 heavy (non-hydrogen) atoms. The molecule has 1 unspecified atom stereocenters. The van der Waals surface area contributed by atoms with E-state index in [4.69, 9.17) is 4.98 Å². The number of benzene rings is 2. The molecule has 1 amide bonds. The average molecular weight is 417 g/mol. The van der Waals surface area contributed by atoms with Gasteiger partial charge in [0.2, 0.25) is 0 Å². The van der Waals surface area contributed by atoms with Gasteiger partial charge in [-0.05, 0) is 62.6 Å². The van der Waals surface area contributed by atoms with Gasteiger partial charge in [-0.25, -0.2) is 4.98 Å². The highest BCUT2D eigenvalue weighted by molar-refractivity contribution is 5.97. The van der Waals surface area contributed by atoms with E-state index in [2.05, 4.69) is 43.0 Å². The number of fused-ring (bicyclic) bond motifs is 2. The van der Waals surface area contributed by atoms with Gasteiger partial charge in [-0.2, -0.15) is 0 Å². The first-order valence-corrected chi connectivity index (χ1v) is 11.2. The van der Waals surface area contributed by atoms with Crippen molar-refractivity contribution in [3.05, 3.63) is 69.8 Å².